The number of ether oxygens (including phenoxy) is 1. The van der Waals surface area contributed by atoms with Crippen molar-refractivity contribution in [1.82, 2.24) is 4.90 Å². The average Bonchev–Trinajstić information content (AvgIpc) is 2.68. The van der Waals surface area contributed by atoms with Crippen molar-refractivity contribution in [1.29, 1.82) is 0 Å². The van der Waals surface area contributed by atoms with E-state index in [0.29, 0.717) is 12.3 Å². The molecule has 0 aromatic rings. The lowest BCUT2D eigenvalue weighted by atomic mass is 9.82. The molecule has 1 N–H and O–H groups in total. The normalized spacial score (nSPS) is 33.5. The zero-order valence-electron chi connectivity index (χ0n) is 9.89. The molecule has 1 unspecified atom stereocenters. The van der Waals surface area contributed by atoms with Crippen molar-refractivity contribution in [2.24, 2.45) is 5.92 Å². The largest absolute Gasteiger partial charge is 0.393 e. The van der Waals surface area contributed by atoms with E-state index in [9.17, 15) is 9.90 Å². The Hall–Kier alpha value is -0.610. The summed E-state index contributed by atoms with van der Waals surface area (Å²) < 4.78 is 5.45. The molecule has 0 aromatic carbocycles. The smallest absolute Gasteiger partial charge is 0.224 e. The summed E-state index contributed by atoms with van der Waals surface area (Å²) >= 11 is 0. The van der Waals surface area contributed by atoms with Crippen LogP contribution in [0.3, 0.4) is 0 Å². The molecule has 1 saturated heterocycles. The lowest BCUT2D eigenvalue weighted by molar-refractivity contribution is -0.133. The third kappa shape index (κ3) is 2.95. The van der Waals surface area contributed by atoms with Gasteiger partial charge in [-0.2, -0.15) is 0 Å². The van der Waals surface area contributed by atoms with Crippen molar-refractivity contribution in [3.8, 4) is 0 Å². The lowest BCUT2D eigenvalue weighted by Gasteiger charge is -2.34. The van der Waals surface area contributed by atoms with E-state index < -0.39 is 0 Å². The number of hydrogen-bond donors (Lipinski definition) is 1. The van der Waals surface area contributed by atoms with Gasteiger partial charge in [-0.05, 0) is 31.6 Å². The van der Waals surface area contributed by atoms with Gasteiger partial charge in [-0.15, -0.1) is 0 Å². The Balaban J connectivity index is 1.67. The van der Waals surface area contributed by atoms with Crippen LogP contribution in [0, 0.1) is 5.92 Å². The zero-order valence-corrected chi connectivity index (χ0v) is 9.89. The number of rotatable bonds is 4. The van der Waals surface area contributed by atoms with Gasteiger partial charge in [0.2, 0.25) is 5.91 Å². The first kappa shape index (κ1) is 11.9. The van der Waals surface area contributed by atoms with Crippen LogP contribution in [0.4, 0.5) is 0 Å². The standard InChI is InChI=1S/C12H21NO3/c1-13(8-9-5-10(14)6-9)12(15)7-11-3-2-4-16-11/h9-11,14H,2-8H2,1H3. The Morgan fingerprint density at radius 2 is 2.25 bits per heavy atom. The molecule has 0 radical (unpaired) electrons. The van der Waals surface area contributed by atoms with Crippen LogP contribution in [0.15, 0.2) is 0 Å². The Morgan fingerprint density at radius 3 is 2.81 bits per heavy atom. The Bertz CT molecular complexity index is 245. The van der Waals surface area contributed by atoms with Gasteiger partial charge in [-0.25, -0.2) is 0 Å². The maximum Gasteiger partial charge on any atom is 0.224 e. The van der Waals surface area contributed by atoms with E-state index in [-0.39, 0.29) is 18.1 Å². The Morgan fingerprint density at radius 1 is 1.50 bits per heavy atom. The molecule has 4 heteroatoms. The number of carbonyl (C=O) groups excluding carboxylic acids is 1. The second-order valence-electron chi connectivity index (χ2n) is 5.10. The van der Waals surface area contributed by atoms with E-state index in [4.69, 9.17) is 4.74 Å². The van der Waals surface area contributed by atoms with Crippen molar-refractivity contribution in [2.75, 3.05) is 20.2 Å². The van der Waals surface area contributed by atoms with Crippen LogP contribution in [-0.2, 0) is 9.53 Å². The summed E-state index contributed by atoms with van der Waals surface area (Å²) in [6.45, 7) is 1.58. The third-order valence-corrected chi connectivity index (χ3v) is 3.59. The fourth-order valence-electron chi connectivity index (χ4n) is 2.49. The second-order valence-corrected chi connectivity index (χ2v) is 5.10. The minimum atomic E-state index is -0.133. The SMILES string of the molecule is CN(CC1CC(O)C1)C(=O)CC1CCCO1. The molecule has 16 heavy (non-hydrogen) atoms. The van der Waals surface area contributed by atoms with Gasteiger partial charge in [0.05, 0.1) is 18.6 Å². The predicted molar refractivity (Wildman–Crippen MR) is 60.0 cm³/mol. The molecule has 0 bridgehead atoms. The van der Waals surface area contributed by atoms with E-state index in [1.807, 2.05) is 7.05 Å². The van der Waals surface area contributed by atoms with Crippen LogP contribution in [0.5, 0.6) is 0 Å². The topological polar surface area (TPSA) is 49.8 Å². The highest BCUT2D eigenvalue weighted by Gasteiger charge is 2.29. The molecular formula is C12H21NO3. The number of nitrogens with zero attached hydrogens (tertiary/aromatic N) is 1. The highest BCUT2D eigenvalue weighted by molar-refractivity contribution is 5.76. The highest BCUT2D eigenvalue weighted by atomic mass is 16.5. The number of carbonyl (C=O) groups is 1. The van der Waals surface area contributed by atoms with Crippen molar-refractivity contribution in [3.05, 3.63) is 0 Å². The molecule has 0 aromatic heterocycles. The fraction of sp³-hybridized carbons (Fsp3) is 0.917. The molecule has 92 valence electrons. The minimum absolute atomic E-state index is 0.133. The van der Waals surface area contributed by atoms with Crippen LogP contribution >= 0.6 is 0 Å². The molecule has 2 rings (SSSR count). The molecule has 4 nitrogen and oxygen atoms in total. The fourth-order valence-corrected chi connectivity index (χ4v) is 2.49. The maximum absolute atomic E-state index is 11.8. The summed E-state index contributed by atoms with van der Waals surface area (Å²) in [5.41, 5.74) is 0. The van der Waals surface area contributed by atoms with E-state index >= 15 is 0 Å². The zero-order chi connectivity index (χ0) is 11.5. The van der Waals surface area contributed by atoms with Gasteiger partial charge in [-0.1, -0.05) is 0 Å². The number of hydrogen-bond acceptors (Lipinski definition) is 3. The molecule has 0 spiro atoms. The number of aliphatic hydroxyl groups excluding tert-OH is 1. The first-order valence-electron chi connectivity index (χ1n) is 6.19. The molecule has 2 fully saturated rings. The van der Waals surface area contributed by atoms with Crippen molar-refractivity contribution in [2.45, 2.75) is 44.3 Å². The van der Waals surface area contributed by atoms with Crippen LogP contribution in [0.2, 0.25) is 0 Å². The minimum Gasteiger partial charge on any atom is -0.393 e. The van der Waals surface area contributed by atoms with Crippen LogP contribution in [0.1, 0.15) is 32.1 Å². The molecule has 1 amide bonds. The number of amides is 1. The van der Waals surface area contributed by atoms with E-state index in [0.717, 1.165) is 38.8 Å². The van der Waals surface area contributed by atoms with Gasteiger partial charge in [-0.3, -0.25) is 4.79 Å². The van der Waals surface area contributed by atoms with Gasteiger partial charge >= 0.3 is 0 Å². The first-order chi connectivity index (χ1) is 7.65. The molecule has 1 saturated carbocycles. The first-order valence-corrected chi connectivity index (χ1v) is 6.19. The van der Waals surface area contributed by atoms with E-state index in [1.165, 1.54) is 0 Å². The monoisotopic (exact) mass is 227 g/mol. The van der Waals surface area contributed by atoms with Crippen LogP contribution in [0.25, 0.3) is 0 Å². The van der Waals surface area contributed by atoms with Crippen molar-refractivity contribution < 1.29 is 14.6 Å². The highest BCUT2D eigenvalue weighted by Crippen LogP contribution is 2.28. The van der Waals surface area contributed by atoms with Gasteiger partial charge < -0.3 is 14.7 Å². The van der Waals surface area contributed by atoms with Crippen molar-refractivity contribution in [3.63, 3.8) is 0 Å². The molecular weight excluding hydrogens is 206 g/mol. The molecule has 1 aliphatic carbocycles. The summed E-state index contributed by atoms with van der Waals surface area (Å²) in [5.74, 6) is 0.668. The summed E-state index contributed by atoms with van der Waals surface area (Å²) in [4.78, 5) is 13.6. The molecule has 1 aliphatic heterocycles. The predicted octanol–water partition coefficient (Wildman–Crippen LogP) is 0.785. The summed E-state index contributed by atoms with van der Waals surface area (Å²) in [6, 6.07) is 0. The maximum atomic E-state index is 11.8. The van der Waals surface area contributed by atoms with Crippen molar-refractivity contribution >= 4 is 5.91 Å². The summed E-state index contributed by atoms with van der Waals surface area (Å²) in [6.07, 6.45) is 4.31. The van der Waals surface area contributed by atoms with Gasteiger partial charge in [0.1, 0.15) is 0 Å². The Kier molecular flexibility index (Phi) is 3.82. The number of aliphatic hydroxyl groups is 1. The third-order valence-electron chi connectivity index (χ3n) is 3.59. The van der Waals surface area contributed by atoms with Gasteiger partial charge in [0.15, 0.2) is 0 Å². The average molecular weight is 227 g/mol. The van der Waals surface area contributed by atoms with Gasteiger partial charge in [0.25, 0.3) is 0 Å². The molecule has 1 heterocycles. The Labute approximate surface area is 96.6 Å². The lowest BCUT2D eigenvalue weighted by Crippen LogP contribution is -2.40. The van der Waals surface area contributed by atoms with Crippen LogP contribution in [-0.4, -0.2) is 48.3 Å². The second kappa shape index (κ2) is 5.15. The van der Waals surface area contributed by atoms with Gasteiger partial charge in [0, 0.05) is 20.2 Å². The van der Waals surface area contributed by atoms with Crippen LogP contribution < -0.4 is 0 Å². The van der Waals surface area contributed by atoms with E-state index in [1.54, 1.807) is 4.90 Å². The summed E-state index contributed by atoms with van der Waals surface area (Å²) in [5, 5.41) is 9.18. The van der Waals surface area contributed by atoms with E-state index in [2.05, 4.69) is 0 Å². The summed E-state index contributed by atoms with van der Waals surface area (Å²) in [7, 11) is 1.85. The molecule has 1 atom stereocenters. The molecule has 2 aliphatic rings. The quantitative estimate of drug-likeness (QED) is 0.772.